The van der Waals surface area contributed by atoms with Gasteiger partial charge in [0.2, 0.25) is 0 Å². The number of hydrogen-bond donors (Lipinski definition) is 1. The number of para-hydroxylation sites is 2. The SMILES string of the molecule is O=C(Nc1ccccc1)C1=CC(F)(Cl)C(Cl)(Oc2ccccc2)C=C1. The minimum atomic E-state index is -2.61. The van der Waals surface area contributed by atoms with Crippen molar-refractivity contribution in [2.45, 2.75) is 10.2 Å². The van der Waals surface area contributed by atoms with Crippen LogP contribution < -0.4 is 10.1 Å². The average Bonchev–Trinajstić information content (AvgIpc) is 2.59. The van der Waals surface area contributed by atoms with Gasteiger partial charge < -0.3 is 10.1 Å². The molecule has 128 valence electrons. The van der Waals surface area contributed by atoms with Gasteiger partial charge in [0, 0.05) is 11.3 Å². The first-order valence-corrected chi connectivity index (χ1v) is 8.24. The maximum Gasteiger partial charge on any atom is 0.260 e. The molecule has 1 amide bonds. The summed E-state index contributed by atoms with van der Waals surface area (Å²) >= 11 is 12.2. The standard InChI is InChI=1S/C19H14Cl2FNO2/c20-18(22)13-14(17(24)23-15-7-3-1-4-8-15)11-12-19(18,21)25-16-9-5-2-6-10-16/h1-13H,(H,23,24). The number of hydrogen-bond acceptors (Lipinski definition) is 2. The third kappa shape index (κ3) is 3.86. The highest BCUT2D eigenvalue weighted by Crippen LogP contribution is 2.44. The lowest BCUT2D eigenvalue weighted by molar-refractivity contribution is -0.112. The summed E-state index contributed by atoms with van der Waals surface area (Å²) in [5, 5.41) is -1.92. The van der Waals surface area contributed by atoms with Gasteiger partial charge in [-0.15, -0.1) is 0 Å². The molecule has 0 aliphatic heterocycles. The lowest BCUT2D eigenvalue weighted by Gasteiger charge is -2.35. The van der Waals surface area contributed by atoms with E-state index in [-0.39, 0.29) is 5.57 Å². The van der Waals surface area contributed by atoms with Gasteiger partial charge in [0.1, 0.15) is 5.75 Å². The van der Waals surface area contributed by atoms with Crippen LogP contribution in [0.5, 0.6) is 5.75 Å². The van der Waals surface area contributed by atoms with Crippen molar-refractivity contribution in [1.29, 1.82) is 0 Å². The highest BCUT2D eigenvalue weighted by atomic mass is 35.5. The first-order valence-electron chi connectivity index (χ1n) is 7.49. The molecular weight excluding hydrogens is 364 g/mol. The lowest BCUT2D eigenvalue weighted by Crippen LogP contribution is -2.46. The van der Waals surface area contributed by atoms with Crippen LogP contribution in [-0.4, -0.2) is 16.1 Å². The number of ether oxygens (including phenoxy) is 1. The minimum Gasteiger partial charge on any atom is -0.463 e. The van der Waals surface area contributed by atoms with Crippen LogP contribution >= 0.6 is 23.2 Å². The first kappa shape index (κ1) is 17.5. The van der Waals surface area contributed by atoms with Gasteiger partial charge in [0.25, 0.3) is 16.1 Å². The molecule has 25 heavy (non-hydrogen) atoms. The largest absolute Gasteiger partial charge is 0.463 e. The molecule has 0 aromatic heterocycles. The van der Waals surface area contributed by atoms with Crippen LogP contribution in [0.4, 0.5) is 10.1 Å². The van der Waals surface area contributed by atoms with Gasteiger partial charge in [-0.2, -0.15) is 0 Å². The zero-order valence-electron chi connectivity index (χ0n) is 13.0. The van der Waals surface area contributed by atoms with E-state index in [0.717, 1.165) is 6.08 Å². The van der Waals surface area contributed by atoms with Crippen molar-refractivity contribution in [3.63, 3.8) is 0 Å². The number of amides is 1. The van der Waals surface area contributed by atoms with Gasteiger partial charge in [0.15, 0.2) is 0 Å². The Labute approximate surface area is 154 Å². The Kier molecular flexibility index (Phi) is 4.84. The fraction of sp³-hybridized carbons (Fsp3) is 0.105. The number of carbonyl (C=O) groups excluding carboxylic acids is 1. The zero-order valence-corrected chi connectivity index (χ0v) is 14.5. The van der Waals surface area contributed by atoms with Gasteiger partial charge >= 0.3 is 0 Å². The predicted molar refractivity (Wildman–Crippen MR) is 97.6 cm³/mol. The third-order valence-electron chi connectivity index (χ3n) is 3.57. The Hall–Kier alpha value is -2.30. The van der Waals surface area contributed by atoms with Crippen LogP contribution in [0, 0.1) is 0 Å². The number of nitrogens with one attached hydrogen (secondary N) is 1. The van der Waals surface area contributed by atoms with E-state index in [2.05, 4.69) is 5.32 Å². The number of benzene rings is 2. The number of rotatable bonds is 4. The molecule has 0 saturated carbocycles. The fourth-order valence-electron chi connectivity index (χ4n) is 2.28. The molecule has 0 bridgehead atoms. The van der Waals surface area contributed by atoms with E-state index in [1.807, 2.05) is 6.07 Å². The van der Waals surface area contributed by atoms with Crippen LogP contribution in [0.3, 0.4) is 0 Å². The summed E-state index contributed by atoms with van der Waals surface area (Å²) in [7, 11) is 0. The number of carbonyl (C=O) groups is 1. The van der Waals surface area contributed by atoms with Crippen molar-refractivity contribution in [1.82, 2.24) is 0 Å². The van der Waals surface area contributed by atoms with Crippen LogP contribution in [0.1, 0.15) is 0 Å². The molecule has 3 rings (SSSR count). The van der Waals surface area contributed by atoms with Gasteiger partial charge in [0.05, 0.1) is 0 Å². The van der Waals surface area contributed by atoms with Gasteiger partial charge in [-0.3, -0.25) is 4.79 Å². The molecule has 1 aliphatic carbocycles. The van der Waals surface area contributed by atoms with E-state index >= 15 is 0 Å². The second-order valence-corrected chi connectivity index (χ2v) is 6.55. The number of halogens is 3. The van der Waals surface area contributed by atoms with Gasteiger partial charge in [-0.05, 0) is 42.5 Å². The predicted octanol–water partition coefficient (Wildman–Crippen LogP) is 5.04. The molecule has 0 saturated heterocycles. The van der Waals surface area contributed by atoms with E-state index in [1.54, 1.807) is 54.6 Å². The molecule has 2 aromatic rings. The van der Waals surface area contributed by atoms with Crippen molar-refractivity contribution < 1.29 is 13.9 Å². The molecule has 0 fully saturated rings. The fourth-order valence-corrected chi connectivity index (χ4v) is 2.70. The zero-order chi connectivity index (χ0) is 17.9. The molecule has 1 N–H and O–H groups in total. The second kappa shape index (κ2) is 6.90. The Morgan fingerprint density at radius 3 is 2.20 bits per heavy atom. The van der Waals surface area contributed by atoms with Crippen molar-refractivity contribution in [2.24, 2.45) is 0 Å². The normalized spacial score (nSPS) is 25.2. The highest BCUT2D eigenvalue weighted by Gasteiger charge is 2.52. The van der Waals surface area contributed by atoms with Crippen molar-refractivity contribution >= 4 is 34.8 Å². The van der Waals surface area contributed by atoms with E-state index in [4.69, 9.17) is 27.9 Å². The third-order valence-corrected chi connectivity index (χ3v) is 4.54. The van der Waals surface area contributed by atoms with Gasteiger partial charge in [-0.25, -0.2) is 4.39 Å². The monoisotopic (exact) mass is 377 g/mol. The average molecular weight is 378 g/mol. The van der Waals surface area contributed by atoms with E-state index < -0.39 is 16.1 Å². The maximum atomic E-state index is 15.0. The van der Waals surface area contributed by atoms with Crippen molar-refractivity contribution in [3.05, 3.63) is 84.5 Å². The highest BCUT2D eigenvalue weighted by molar-refractivity contribution is 6.36. The summed E-state index contributed by atoms with van der Waals surface area (Å²) in [5.41, 5.74) is 0.637. The molecule has 2 atom stereocenters. The van der Waals surface area contributed by atoms with E-state index in [1.165, 1.54) is 12.2 Å². The Morgan fingerprint density at radius 2 is 1.60 bits per heavy atom. The summed E-state index contributed by atoms with van der Waals surface area (Å²) in [6, 6.07) is 17.3. The van der Waals surface area contributed by atoms with E-state index in [9.17, 15) is 9.18 Å². The summed E-state index contributed by atoms with van der Waals surface area (Å²) in [6.07, 6.45) is 3.56. The summed E-state index contributed by atoms with van der Waals surface area (Å²) < 4.78 is 20.5. The Bertz CT molecular complexity index is 822. The molecule has 2 aromatic carbocycles. The molecule has 0 radical (unpaired) electrons. The Morgan fingerprint density at radius 1 is 1.00 bits per heavy atom. The molecule has 2 unspecified atom stereocenters. The summed E-state index contributed by atoms with van der Waals surface area (Å²) in [6.45, 7) is 0. The quantitative estimate of drug-likeness (QED) is 0.757. The minimum absolute atomic E-state index is 0.0503. The van der Waals surface area contributed by atoms with E-state index in [0.29, 0.717) is 11.4 Å². The summed E-state index contributed by atoms with van der Waals surface area (Å²) in [5.74, 6) is -0.140. The van der Waals surface area contributed by atoms with Gasteiger partial charge in [-0.1, -0.05) is 59.6 Å². The van der Waals surface area contributed by atoms with Crippen LogP contribution in [0.25, 0.3) is 0 Å². The smallest absolute Gasteiger partial charge is 0.260 e. The molecule has 0 spiro atoms. The topological polar surface area (TPSA) is 38.3 Å². The number of anilines is 1. The van der Waals surface area contributed by atoms with Crippen molar-refractivity contribution in [3.8, 4) is 5.75 Å². The Balaban J connectivity index is 1.79. The van der Waals surface area contributed by atoms with Crippen LogP contribution in [0.15, 0.2) is 84.5 Å². The summed E-state index contributed by atoms with van der Waals surface area (Å²) in [4.78, 5) is 12.3. The molecular formula is C19H14Cl2FNO2. The van der Waals surface area contributed by atoms with Crippen LogP contribution in [-0.2, 0) is 4.79 Å². The van der Waals surface area contributed by atoms with Crippen molar-refractivity contribution in [2.75, 3.05) is 5.32 Å². The second-order valence-electron chi connectivity index (χ2n) is 5.44. The molecule has 1 aliphatic rings. The molecule has 0 heterocycles. The maximum absolute atomic E-state index is 15.0. The van der Waals surface area contributed by atoms with Crippen LogP contribution in [0.2, 0.25) is 0 Å². The lowest BCUT2D eigenvalue weighted by atomic mass is 10.0. The molecule has 6 heteroatoms. The molecule has 3 nitrogen and oxygen atoms in total. The first-order chi connectivity index (χ1) is 11.9. The number of alkyl halides is 3.